The van der Waals surface area contributed by atoms with Gasteiger partial charge >= 0.3 is 0 Å². The first kappa shape index (κ1) is 10.6. The van der Waals surface area contributed by atoms with Crippen LogP contribution in [-0.4, -0.2) is 22.5 Å². The lowest BCUT2D eigenvalue weighted by atomic mass is 9.91. The first-order chi connectivity index (χ1) is 7.22. The number of nitrogens with zero attached hydrogens (tertiary/aromatic N) is 2. The highest BCUT2D eigenvalue weighted by Crippen LogP contribution is 2.31. The Kier molecular flexibility index (Phi) is 3.07. The molecule has 15 heavy (non-hydrogen) atoms. The molecule has 0 spiro atoms. The Morgan fingerprint density at radius 3 is 3.07 bits per heavy atom. The number of rotatable bonds is 3. The van der Waals surface area contributed by atoms with E-state index in [9.17, 15) is 0 Å². The lowest BCUT2D eigenvalue weighted by Gasteiger charge is -2.20. The van der Waals surface area contributed by atoms with E-state index in [2.05, 4.69) is 18.9 Å². The molecule has 1 aliphatic heterocycles. The molecule has 1 fully saturated rings. The van der Waals surface area contributed by atoms with E-state index in [-0.39, 0.29) is 12.1 Å². The lowest BCUT2D eigenvalue weighted by molar-refractivity contribution is 0.0995. The summed E-state index contributed by atoms with van der Waals surface area (Å²) in [5, 5.41) is 4.25. The molecule has 1 aromatic rings. The molecule has 0 aromatic carbocycles. The molecule has 0 saturated carbocycles. The minimum atomic E-state index is 0.0581. The molecular formula is C11H19N3O. The van der Waals surface area contributed by atoms with Gasteiger partial charge in [0.15, 0.2) is 0 Å². The average Bonchev–Trinajstić information content (AvgIpc) is 2.84. The average molecular weight is 209 g/mol. The second-order valence-electron chi connectivity index (χ2n) is 4.18. The predicted molar refractivity (Wildman–Crippen MR) is 58.4 cm³/mol. The Morgan fingerprint density at radius 2 is 2.53 bits per heavy atom. The van der Waals surface area contributed by atoms with Crippen molar-refractivity contribution in [3.63, 3.8) is 0 Å². The van der Waals surface area contributed by atoms with Crippen LogP contribution in [0.2, 0.25) is 0 Å². The third-order valence-electron chi connectivity index (χ3n) is 3.26. The van der Waals surface area contributed by atoms with Crippen molar-refractivity contribution >= 4 is 0 Å². The van der Waals surface area contributed by atoms with Gasteiger partial charge in [0.25, 0.3) is 0 Å². The molecule has 3 atom stereocenters. The van der Waals surface area contributed by atoms with E-state index in [1.54, 1.807) is 0 Å². The van der Waals surface area contributed by atoms with Gasteiger partial charge in [-0.1, -0.05) is 0 Å². The molecule has 1 aliphatic rings. The number of aromatic nitrogens is 2. The van der Waals surface area contributed by atoms with E-state index < -0.39 is 0 Å². The zero-order valence-corrected chi connectivity index (χ0v) is 9.39. The molecule has 84 valence electrons. The van der Waals surface area contributed by atoms with Crippen LogP contribution in [0.3, 0.4) is 0 Å². The Hall–Kier alpha value is -0.870. The molecule has 3 unspecified atom stereocenters. The third-order valence-corrected chi connectivity index (χ3v) is 3.26. The number of aryl methyl sites for hydroxylation is 1. The molecule has 4 nitrogen and oxygen atoms in total. The zero-order chi connectivity index (χ0) is 10.8. The summed E-state index contributed by atoms with van der Waals surface area (Å²) in [5.74, 6) is 0.430. The van der Waals surface area contributed by atoms with E-state index in [0.717, 1.165) is 25.1 Å². The first-order valence-corrected chi connectivity index (χ1v) is 5.62. The van der Waals surface area contributed by atoms with Crippen LogP contribution < -0.4 is 5.73 Å². The molecule has 2 rings (SSSR count). The minimum Gasteiger partial charge on any atom is -0.378 e. The van der Waals surface area contributed by atoms with Gasteiger partial charge in [0.2, 0.25) is 0 Å². The van der Waals surface area contributed by atoms with E-state index in [1.165, 1.54) is 0 Å². The number of hydrogen-bond acceptors (Lipinski definition) is 3. The van der Waals surface area contributed by atoms with Gasteiger partial charge in [0.05, 0.1) is 12.3 Å². The van der Waals surface area contributed by atoms with E-state index in [1.807, 2.05) is 17.1 Å². The van der Waals surface area contributed by atoms with Gasteiger partial charge in [-0.05, 0) is 20.3 Å². The molecule has 0 bridgehead atoms. The topological polar surface area (TPSA) is 53.1 Å². The third kappa shape index (κ3) is 2.06. The van der Waals surface area contributed by atoms with E-state index >= 15 is 0 Å². The van der Waals surface area contributed by atoms with Crippen LogP contribution in [-0.2, 0) is 11.3 Å². The second kappa shape index (κ2) is 4.33. The number of nitrogens with two attached hydrogens (primary N) is 1. The van der Waals surface area contributed by atoms with Gasteiger partial charge < -0.3 is 10.5 Å². The molecule has 0 amide bonds. The summed E-state index contributed by atoms with van der Waals surface area (Å²) < 4.78 is 7.45. The second-order valence-corrected chi connectivity index (χ2v) is 4.18. The van der Waals surface area contributed by atoms with Crippen molar-refractivity contribution in [1.29, 1.82) is 0 Å². The van der Waals surface area contributed by atoms with Crippen molar-refractivity contribution in [1.82, 2.24) is 9.78 Å². The Morgan fingerprint density at radius 1 is 1.73 bits per heavy atom. The fourth-order valence-corrected chi connectivity index (χ4v) is 2.19. The van der Waals surface area contributed by atoms with Crippen molar-refractivity contribution in [3.05, 3.63) is 18.0 Å². The van der Waals surface area contributed by atoms with Crippen LogP contribution in [0.4, 0.5) is 0 Å². The summed E-state index contributed by atoms with van der Waals surface area (Å²) in [6, 6.07) is 0.0581. The van der Waals surface area contributed by atoms with Crippen LogP contribution in [0, 0.1) is 5.92 Å². The van der Waals surface area contributed by atoms with E-state index in [0.29, 0.717) is 5.92 Å². The maximum Gasteiger partial charge on any atom is 0.0594 e. The Bertz CT molecular complexity index is 323. The highest BCUT2D eigenvalue weighted by Gasteiger charge is 2.31. The molecular weight excluding hydrogens is 190 g/mol. The van der Waals surface area contributed by atoms with Gasteiger partial charge in [-0.2, -0.15) is 5.10 Å². The normalized spacial score (nSPS) is 28.2. The van der Waals surface area contributed by atoms with Crippen LogP contribution in [0.25, 0.3) is 0 Å². The van der Waals surface area contributed by atoms with Crippen LogP contribution >= 0.6 is 0 Å². The smallest absolute Gasteiger partial charge is 0.0594 e. The predicted octanol–water partition coefficient (Wildman–Crippen LogP) is 1.33. The first-order valence-electron chi connectivity index (χ1n) is 5.62. The molecule has 4 heteroatoms. The van der Waals surface area contributed by atoms with Gasteiger partial charge in [0.1, 0.15) is 0 Å². The van der Waals surface area contributed by atoms with Crippen molar-refractivity contribution in [2.24, 2.45) is 11.7 Å². The van der Waals surface area contributed by atoms with Gasteiger partial charge in [-0.15, -0.1) is 0 Å². The summed E-state index contributed by atoms with van der Waals surface area (Å²) in [7, 11) is 0. The standard InChI is InChI=1S/C11H19N3O/c1-3-14-7-9(6-13-14)11(12)10-4-5-15-8(10)2/h6-8,10-11H,3-5,12H2,1-2H3. The summed E-state index contributed by atoms with van der Waals surface area (Å²) in [6.07, 6.45) is 5.24. The molecule has 0 radical (unpaired) electrons. The molecule has 1 aromatic heterocycles. The molecule has 1 saturated heterocycles. The van der Waals surface area contributed by atoms with Gasteiger partial charge in [-0.3, -0.25) is 4.68 Å². The Labute approximate surface area is 90.4 Å². The van der Waals surface area contributed by atoms with Crippen LogP contribution in [0.1, 0.15) is 31.9 Å². The summed E-state index contributed by atoms with van der Waals surface area (Å²) in [5.41, 5.74) is 7.35. The molecule has 2 N–H and O–H groups in total. The lowest BCUT2D eigenvalue weighted by Crippen LogP contribution is -2.26. The fourth-order valence-electron chi connectivity index (χ4n) is 2.19. The molecule has 2 heterocycles. The maximum atomic E-state index is 6.23. The van der Waals surface area contributed by atoms with Crippen molar-refractivity contribution in [2.45, 2.75) is 39.0 Å². The van der Waals surface area contributed by atoms with Crippen LogP contribution in [0.5, 0.6) is 0 Å². The SMILES string of the molecule is CCn1cc(C(N)C2CCOC2C)cn1. The summed E-state index contributed by atoms with van der Waals surface area (Å²) in [4.78, 5) is 0. The quantitative estimate of drug-likeness (QED) is 0.817. The van der Waals surface area contributed by atoms with Crippen molar-refractivity contribution < 1.29 is 4.74 Å². The largest absolute Gasteiger partial charge is 0.378 e. The number of hydrogen-bond donors (Lipinski definition) is 1. The Balaban J connectivity index is 2.09. The summed E-state index contributed by atoms with van der Waals surface area (Å²) >= 11 is 0. The van der Waals surface area contributed by atoms with Crippen LogP contribution in [0.15, 0.2) is 12.4 Å². The van der Waals surface area contributed by atoms with Crippen molar-refractivity contribution in [2.75, 3.05) is 6.61 Å². The van der Waals surface area contributed by atoms with Gasteiger partial charge in [0, 0.05) is 36.9 Å². The highest BCUT2D eigenvalue weighted by atomic mass is 16.5. The van der Waals surface area contributed by atoms with Crippen molar-refractivity contribution in [3.8, 4) is 0 Å². The monoisotopic (exact) mass is 209 g/mol. The minimum absolute atomic E-state index is 0.0581. The highest BCUT2D eigenvalue weighted by molar-refractivity contribution is 5.12. The van der Waals surface area contributed by atoms with E-state index in [4.69, 9.17) is 10.5 Å². The maximum absolute atomic E-state index is 6.23. The van der Waals surface area contributed by atoms with Gasteiger partial charge in [-0.25, -0.2) is 0 Å². The fraction of sp³-hybridized carbons (Fsp3) is 0.727. The summed E-state index contributed by atoms with van der Waals surface area (Å²) in [6.45, 7) is 5.90. The number of ether oxygens (including phenoxy) is 1. The zero-order valence-electron chi connectivity index (χ0n) is 9.39. The molecule has 0 aliphatic carbocycles.